The molecule has 1 aromatic carbocycles. The Morgan fingerprint density at radius 2 is 1.93 bits per heavy atom. The second-order valence-electron chi connectivity index (χ2n) is 7.98. The summed E-state index contributed by atoms with van der Waals surface area (Å²) in [6, 6.07) is 4.64. The summed E-state index contributed by atoms with van der Waals surface area (Å²) >= 11 is 0. The first-order valence-corrected chi connectivity index (χ1v) is 9.49. The maximum atomic E-state index is 13.4. The minimum Gasteiger partial charge on any atom is -0.392 e. The Bertz CT molecular complexity index is 852. The van der Waals surface area contributed by atoms with E-state index in [0.29, 0.717) is 17.7 Å². The zero-order valence-corrected chi connectivity index (χ0v) is 15.9. The van der Waals surface area contributed by atoms with Crippen LogP contribution in [0.5, 0.6) is 0 Å². The van der Waals surface area contributed by atoms with Gasteiger partial charge >= 0.3 is 0 Å². The predicted octanol–water partition coefficient (Wildman–Crippen LogP) is 0.895. The Labute approximate surface area is 158 Å². The van der Waals surface area contributed by atoms with Crippen molar-refractivity contribution in [2.45, 2.75) is 57.8 Å². The van der Waals surface area contributed by atoms with Crippen LogP contribution in [0.1, 0.15) is 38.3 Å². The summed E-state index contributed by atoms with van der Waals surface area (Å²) < 4.78 is 0. The topological polar surface area (TPSA) is 98.7 Å². The second-order valence-corrected chi connectivity index (χ2v) is 7.98. The maximum Gasteiger partial charge on any atom is 0.250 e. The molecule has 6 atom stereocenters. The monoisotopic (exact) mass is 371 g/mol. The fourth-order valence-corrected chi connectivity index (χ4v) is 4.96. The molecule has 27 heavy (non-hydrogen) atoms. The Morgan fingerprint density at radius 1 is 1.22 bits per heavy atom. The lowest BCUT2D eigenvalue weighted by Gasteiger charge is -2.31. The third kappa shape index (κ3) is 2.12. The second kappa shape index (κ2) is 5.87. The molecule has 3 N–H and O–H groups in total. The number of carbonyl (C=O) groups excluding carboxylic acids is 3. The maximum absolute atomic E-state index is 13.4. The Hall–Kier alpha value is -2.25. The van der Waals surface area contributed by atoms with Crippen LogP contribution in [0, 0.1) is 18.8 Å². The Balaban J connectivity index is 1.92. The fourth-order valence-electron chi connectivity index (χ4n) is 4.96. The molecule has 3 aliphatic rings. The van der Waals surface area contributed by atoms with Crippen molar-refractivity contribution in [1.82, 2.24) is 10.2 Å². The standard InChI is InChI=1S/C20H25N3O4/c1-5-10(3)23-17(25)13-14(18(23)26)20(22-16(13)11(4)24)12-8-6-7-9(2)15(12)21-19(20)27/h6-8,10-11,13-14,16,22,24H,5H2,1-4H3,(H,21,27). The van der Waals surface area contributed by atoms with Crippen molar-refractivity contribution in [3.63, 3.8) is 0 Å². The van der Waals surface area contributed by atoms with Gasteiger partial charge in [0.2, 0.25) is 17.7 Å². The Morgan fingerprint density at radius 3 is 2.56 bits per heavy atom. The van der Waals surface area contributed by atoms with Gasteiger partial charge < -0.3 is 10.4 Å². The molecule has 0 aromatic heterocycles. The normalized spacial score (nSPS) is 34.0. The number of aliphatic hydroxyl groups excluding tert-OH is 1. The van der Waals surface area contributed by atoms with Crippen LogP contribution in [-0.4, -0.2) is 45.9 Å². The molecule has 0 bridgehead atoms. The van der Waals surface area contributed by atoms with Gasteiger partial charge in [-0.3, -0.25) is 24.6 Å². The third-order valence-electron chi connectivity index (χ3n) is 6.48. The first-order valence-electron chi connectivity index (χ1n) is 9.49. The van der Waals surface area contributed by atoms with E-state index in [9.17, 15) is 19.5 Å². The molecular weight excluding hydrogens is 346 g/mol. The molecule has 1 aromatic rings. The largest absolute Gasteiger partial charge is 0.392 e. The number of hydrogen-bond donors (Lipinski definition) is 3. The molecule has 2 fully saturated rings. The van der Waals surface area contributed by atoms with Gasteiger partial charge in [0.05, 0.1) is 17.9 Å². The SMILES string of the molecule is CCC(C)N1C(=O)C2C(C(C)O)NC3(C(=O)Nc4c(C)cccc43)C2C1=O. The molecule has 144 valence electrons. The van der Waals surface area contributed by atoms with Crippen LogP contribution < -0.4 is 10.6 Å². The predicted molar refractivity (Wildman–Crippen MR) is 98.7 cm³/mol. The molecule has 0 aliphatic carbocycles. The van der Waals surface area contributed by atoms with Crippen molar-refractivity contribution in [1.29, 1.82) is 0 Å². The van der Waals surface area contributed by atoms with E-state index in [1.807, 2.05) is 39.0 Å². The highest BCUT2D eigenvalue weighted by Gasteiger charge is 2.71. The molecule has 6 unspecified atom stereocenters. The van der Waals surface area contributed by atoms with Crippen LogP contribution in [0.15, 0.2) is 18.2 Å². The Kier molecular flexibility index (Phi) is 3.94. The molecule has 7 nitrogen and oxygen atoms in total. The van der Waals surface area contributed by atoms with E-state index in [4.69, 9.17) is 0 Å². The summed E-state index contributed by atoms with van der Waals surface area (Å²) in [5.41, 5.74) is 0.926. The number of aryl methyl sites for hydroxylation is 1. The van der Waals surface area contributed by atoms with Crippen molar-refractivity contribution in [2.75, 3.05) is 5.32 Å². The van der Waals surface area contributed by atoms with E-state index in [0.717, 1.165) is 5.56 Å². The summed E-state index contributed by atoms with van der Waals surface area (Å²) in [4.78, 5) is 41.0. The van der Waals surface area contributed by atoms with E-state index in [1.54, 1.807) is 6.92 Å². The number of carbonyl (C=O) groups is 3. The fraction of sp³-hybridized carbons (Fsp3) is 0.550. The number of hydrogen-bond acceptors (Lipinski definition) is 5. The van der Waals surface area contributed by atoms with Gasteiger partial charge in [0, 0.05) is 23.3 Å². The minimum absolute atomic E-state index is 0.247. The number of nitrogens with one attached hydrogen (secondary N) is 2. The van der Waals surface area contributed by atoms with Gasteiger partial charge in [0.1, 0.15) is 5.54 Å². The average Bonchev–Trinajstić information content (AvgIpc) is 3.21. The van der Waals surface area contributed by atoms with Gasteiger partial charge in [0.15, 0.2) is 0 Å². The number of nitrogens with zero attached hydrogens (tertiary/aromatic N) is 1. The molecular formula is C20H25N3O4. The number of benzene rings is 1. The molecule has 0 radical (unpaired) electrons. The lowest BCUT2D eigenvalue weighted by atomic mass is 9.76. The van der Waals surface area contributed by atoms with Crippen molar-refractivity contribution < 1.29 is 19.5 Å². The van der Waals surface area contributed by atoms with Crippen molar-refractivity contribution in [3.05, 3.63) is 29.3 Å². The lowest BCUT2D eigenvalue weighted by Crippen LogP contribution is -2.55. The van der Waals surface area contributed by atoms with Crippen molar-refractivity contribution >= 4 is 23.4 Å². The summed E-state index contributed by atoms with van der Waals surface area (Å²) in [7, 11) is 0. The quantitative estimate of drug-likeness (QED) is 0.686. The zero-order chi connectivity index (χ0) is 19.7. The third-order valence-corrected chi connectivity index (χ3v) is 6.48. The average molecular weight is 371 g/mol. The highest BCUT2D eigenvalue weighted by atomic mass is 16.3. The molecule has 2 saturated heterocycles. The number of rotatable bonds is 3. The molecule has 7 heteroatoms. The van der Waals surface area contributed by atoms with Crippen molar-refractivity contribution in [3.8, 4) is 0 Å². The van der Waals surface area contributed by atoms with Gasteiger partial charge in [-0.05, 0) is 32.8 Å². The summed E-state index contributed by atoms with van der Waals surface area (Å²) in [6.45, 7) is 7.23. The number of imide groups is 1. The number of aliphatic hydroxyl groups is 1. The van der Waals surface area contributed by atoms with E-state index in [2.05, 4.69) is 10.6 Å². The van der Waals surface area contributed by atoms with Crippen LogP contribution >= 0.6 is 0 Å². The smallest absolute Gasteiger partial charge is 0.250 e. The number of para-hydroxylation sites is 1. The van der Waals surface area contributed by atoms with E-state index in [1.165, 1.54) is 4.90 Å². The van der Waals surface area contributed by atoms with E-state index < -0.39 is 29.5 Å². The van der Waals surface area contributed by atoms with E-state index in [-0.39, 0.29) is 23.8 Å². The lowest BCUT2D eigenvalue weighted by molar-refractivity contribution is -0.145. The first kappa shape index (κ1) is 18.1. The van der Waals surface area contributed by atoms with Gasteiger partial charge in [-0.1, -0.05) is 25.1 Å². The molecule has 0 saturated carbocycles. The van der Waals surface area contributed by atoms with Crippen molar-refractivity contribution in [2.24, 2.45) is 11.8 Å². The summed E-state index contributed by atoms with van der Waals surface area (Å²) in [5.74, 6) is -2.59. The molecule has 3 aliphatic heterocycles. The number of fused-ring (bicyclic) bond motifs is 4. The van der Waals surface area contributed by atoms with Crippen LogP contribution in [0.3, 0.4) is 0 Å². The van der Waals surface area contributed by atoms with Gasteiger partial charge in [-0.2, -0.15) is 0 Å². The molecule has 4 rings (SSSR count). The molecule has 1 spiro atoms. The summed E-state index contributed by atoms with van der Waals surface area (Å²) in [5, 5.41) is 16.4. The van der Waals surface area contributed by atoms with Gasteiger partial charge in [-0.15, -0.1) is 0 Å². The minimum atomic E-state index is -1.33. The summed E-state index contributed by atoms with van der Waals surface area (Å²) in [6.07, 6.45) is -0.245. The highest BCUT2D eigenvalue weighted by molar-refractivity contribution is 6.15. The van der Waals surface area contributed by atoms with Gasteiger partial charge in [0.25, 0.3) is 0 Å². The van der Waals surface area contributed by atoms with E-state index >= 15 is 0 Å². The van der Waals surface area contributed by atoms with Crippen LogP contribution in [-0.2, 0) is 19.9 Å². The van der Waals surface area contributed by atoms with Gasteiger partial charge in [-0.25, -0.2) is 0 Å². The van der Waals surface area contributed by atoms with Crippen LogP contribution in [0.4, 0.5) is 5.69 Å². The molecule has 3 heterocycles. The first-order chi connectivity index (χ1) is 12.8. The van der Waals surface area contributed by atoms with Crippen LogP contribution in [0.25, 0.3) is 0 Å². The number of amides is 3. The zero-order valence-electron chi connectivity index (χ0n) is 15.9. The van der Waals surface area contributed by atoms with Crippen LogP contribution in [0.2, 0.25) is 0 Å². The molecule has 3 amide bonds. The number of anilines is 1. The highest BCUT2D eigenvalue weighted by Crippen LogP contribution is 2.54. The number of likely N-dealkylation sites (tertiary alicyclic amines) is 1.